The first-order chi connectivity index (χ1) is 7.09. The maximum atomic E-state index is 11.2. The maximum Gasteiger partial charge on any atom is 0.241 e. The van der Waals surface area contributed by atoms with E-state index in [0.717, 1.165) is 0 Å². The number of nitrogens with two attached hydrogens (primary N) is 1. The molecule has 0 spiro atoms. The second-order valence-corrected chi connectivity index (χ2v) is 4.25. The van der Waals surface area contributed by atoms with Crippen molar-refractivity contribution in [1.29, 1.82) is 0 Å². The topological polar surface area (TPSA) is 104 Å². The van der Waals surface area contributed by atoms with Crippen LogP contribution in [0.2, 0.25) is 0 Å². The molecule has 15 heavy (non-hydrogen) atoms. The van der Waals surface area contributed by atoms with Crippen molar-refractivity contribution in [2.24, 2.45) is 5.14 Å². The number of hydrogen-bond donors (Lipinski definition) is 1. The Labute approximate surface area is 85.6 Å². The number of rotatable bonds is 2. The number of nitrogens with zero attached hydrogens (tertiary/aromatic N) is 4. The Morgan fingerprint density at radius 1 is 1.33 bits per heavy atom. The minimum Gasteiger partial charge on any atom is -0.236 e. The van der Waals surface area contributed by atoms with Gasteiger partial charge in [-0.25, -0.2) is 23.2 Å². The lowest BCUT2D eigenvalue weighted by Gasteiger charge is -2.04. The van der Waals surface area contributed by atoms with Crippen LogP contribution < -0.4 is 5.14 Å². The van der Waals surface area contributed by atoms with Gasteiger partial charge < -0.3 is 0 Å². The molecular formula is C7H7N5O2S. The average Bonchev–Trinajstić information content (AvgIpc) is 2.69. The fraction of sp³-hybridized carbons (Fsp3) is 0. The van der Waals surface area contributed by atoms with Crippen LogP contribution >= 0.6 is 0 Å². The van der Waals surface area contributed by atoms with Crippen LogP contribution in [0, 0.1) is 0 Å². The third-order valence-corrected chi connectivity index (χ3v) is 2.63. The molecule has 7 nitrogen and oxygen atoms in total. The van der Waals surface area contributed by atoms with E-state index < -0.39 is 10.0 Å². The van der Waals surface area contributed by atoms with Gasteiger partial charge in [0.1, 0.15) is 4.90 Å². The van der Waals surface area contributed by atoms with Gasteiger partial charge in [0.15, 0.2) is 5.82 Å². The molecule has 2 rings (SSSR count). The predicted octanol–water partition coefficient (Wildman–Crippen LogP) is -0.690. The molecule has 0 aliphatic carbocycles. The van der Waals surface area contributed by atoms with Gasteiger partial charge in [-0.05, 0) is 12.1 Å². The summed E-state index contributed by atoms with van der Waals surface area (Å²) in [4.78, 5) is 3.80. The summed E-state index contributed by atoms with van der Waals surface area (Å²) < 4.78 is 23.7. The number of hydrogen-bond acceptors (Lipinski definition) is 5. The average molecular weight is 225 g/mol. The summed E-state index contributed by atoms with van der Waals surface area (Å²) in [6, 6.07) is 2.85. The predicted molar refractivity (Wildman–Crippen MR) is 50.5 cm³/mol. The molecular weight excluding hydrogens is 218 g/mol. The molecule has 0 aromatic carbocycles. The molecule has 0 fully saturated rings. The van der Waals surface area contributed by atoms with Crippen LogP contribution in [0.15, 0.2) is 35.6 Å². The van der Waals surface area contributed by atoms with E-state index in [2.05, 4.69) is 15.3 Å². The van der Waals surface area contributed by atoms with E-state index in [-0.39, 0.29) is 10.7 Å². The zero-order valence-corrected chi connectivity index (χ0v) is 8.29. The van der Waals surface area contributed by atoms with Crippen molar-refractivity contribution in [2.75, 3.05) is 0 Å². The van der Waals surface area contributed by atoms with E-state index in [9.17, 15) is 8.42 Å². The largest absolute Gasteiger partial charge is 0.241 e. The number of sulfonamides is 1. The van der Waals surface area contributed by atoms with E-state index in [4.69, 9.17) is 5.14 Å². The molecule has 0 aliphatic heterocycles. The monoisotopic (exact) mass is 225 g/mol. The maximum absolute atomic E-state index is 11.2. The summed E-state index contributed by atoms with van der Waals surface area (Å²) in [6.45, 7) is 0. The van der Waals surface area contributed by atoms with Crippen LogP contribution in [0.4, 0.5) is 0 Å². The number of pyridine rings is 1. The minimum absolute atomic E-state index is 0.0875. The van der Waals surface area contributed by atoms with Gasteiger partial charge in [0, 0.05) is 6.20 Å². The molecule has 0 bridgehead atoms. The van der Waals surface area contributed by atoms with E-state index in [0.29, 0.717) is 0 Å². The van der Waals surface area contributed by atoms with Crippen LogP contribution in [-0.4, -0.2) is 28.4 Å². The van der Waals surface area contributed by atoms with Crippen molar-refractivity contribution in [3.8, 4) is 5.82 Å². The summed E-state index contributed by atoms with van der Waals surface area (Å²) >= 11 is 0. The normalized spacial score (nSPS) is 11.5. The lowest BCUT2D eigenvalue weighted by Crippen LogP contribution is -2.16. The van der Waals surface area contributed by atoms with E-state index in [1.165, 1.54) is 35.4 Å². The van der Waals surface area contributed by atoms with Crippen LogP contribution in [0.25, 0.3) is 5.82 Å². The van der Waals surface area contributed by atoms with Crippen molar-refractivity contribution >= 4 is 10.0 Å². The van der Waals surface area contributed by atoms with Crippen molar-refractivity contribution < 1.29 is 8.42 Å². The lowest BCUT2D eigenvalue weighted by atomic mass is 10.4. The van der Waals surface area contributed by atoms with Crippen LogP contribution in [0.5, 0.6) is 0 Å². The van der Waals surface area contributed by atoms with E-state index >= 15 is 0 Å². The highest BCUT2D eigenvalue weighted by atomic mass is 32.2. The first-order valence-corrected chi connectivity index (χ1v) is 5.48. The second-order valence-electron chi connectivity index (χ2n) is 2.72. The smallest absolute Gasteiger partial charge is 0.236 e. The van der Waals surface area contributed by atoms with E-state index in [1.807, 2.05) is 0 Å². The Balaban J connectivity index is 2.68. The molecule has 2 aromatic heterocycles. The van der Waals surface area contributed by atoms with Crippen LogP contribution in [0.1, 0.15) is 0 Å². The highest BCUT2D eigenvalue weighted by Gasteiger charge is 2.16. The molecule has 0 radical (unpaired) electrons. The van der Waals surface area contributed by atoms with Crippen molar-refractivity contribution in [2.45, 2.75) is 4.90 Å². The van der Waals surface area contributed by atoms with E-state index in [1.54, 1.807) is 0 Å². The quantitative estimate of drug-likeness (QED) is 0.728. The van der Waals surface area contributed by atoms with Gasteiger partial charge in [-0.1, -0.05) is 5.21 Å². The fourth-order valence-corrected chi connectivity index (χ4v) is 1.77. The Bertz CT molecular complexity index is 563. The summed E-state index contributed by atoms with van der Waals surface area (Å²) in [7, 11) is -3.81. The molecule has 2 N–H and O–H groups in total. The molecule has 78 valence electrons. The molecule has 0 atom stereocenters. The highest BCUT2D eigenvalue weighted by Crippen LogP contribution is 2.13. The number of primary sulfonamides is 1. The van der Waals surface area contributed by atoms with Crippen molar-refractivity contribution in [3.63, 3.8) is 0 Å². The van der Waals surface area contributed by atoms with Gasteiger partial charge in [0.25, 0.3) is 0 Å². The van der Waals surface area contributed by atoms with Gasteiger partial charge >= 0.3 is 0 Å². The Morgan fingerprint density at radius 3 is 2.73 bits per heavy atom. The van der Waals surface area contributed by atoms with Crippen molar-refractivity contribution in [1.82, 2.24) is 20.0 Å². The summed E-state index contributed by atoms with van der Waals surface area (Å²) in [5.74, 6) is 0.137. The molecule has 2 heterocycles. The zero-order valence-electron chi connectivity index (χ0n) is 7.48. The third kappa shape index (κ3) is 1.85. The third-order valence-electron chi connectivity index (χ3n) is 1.70. The zero-order chi connectivity index (χ0) is 10.9. The molecule has 0 amide bonds. The second kappa shape index (κ2) is 3.41. The van der Waals surface area contributed by atoms with Crippen LogP contribution in [0.3, 0.4) is 0 Å². The molecule has 0 saturated carbocycles. The Morgan fingerprint density at radius 2 is 2.13 bits per heavy atom. The van der Waals surface area contributed by atoms with Gasteiger partial charge in [0.05, 0.1) is 12.4 Å². The standard InChI is InChI=1S/C7H7N5O2S/c8-15(13,14)6-2-1-3-9-7(6)12-5-4-10-11-12/h1-5H,(H2,8,13,14). The summed E-state index contributed by atoms with van der Waals surface area (Å²) in [6.07, 6.45) is 4.35. The molecule has 8 heteroatoms. The van der Waals surface area contributed by atoms with Gasteiger partial charge in [-0.15, -0.1) is 5.10 Å². The lowest BCUT2D eigenvalue weighted by molar-refractivity contribution is 0.595. The molecule has 0 saturated heterocycles. The first kappa shape index (κ1) is 9.74. The van der Waals surface area contributed by atoms with Gasteiger partial charge in [-0.3, -0.25) is 0 Å². The SMILES string of the molecule is NS(=O)(=O)c1cccnc1-n1ccnn1. The molecule has 0 unspecified atom stereocenters. The fourth-order valence-electron chi connectivity index (χ4n) is 1.10. The number of aromatic nitrogens is 4. The van der Waals surface area contributed by atoms with Crippen LogP contribution in [-0.2, 0) is 10.0 Å². The molecule has 0 aliphatic rings. The van der Waals surface area contributed by atoms with Gasteiger partial charge in [-0.2, -0.15) is 0 Å². The van der Waals surface area contributed by atoms with Gasteiger partial charge in [0.2, 0.25) is 10.0 Å². The Hall–Kier alpha value is -1.80. The summed E-state index contributed by atoms with van der Waals surface area (Å²) in [5.41, 5.74) is 0. The minimum atomic E-state index is -3.81. The highest BCUT2D eigenvalue weighted by molar-refractivity contribution is 7.89. The first-order valence-electron chi connectivity index (χ1n) is 3.93. The Kier molecular flexibility index (Phi) is 2.21. The molecule has 2 aromatic rings. The van der Waals surface area contributed by atoms with Crippen molar-refractivity contribution in [3.05, 3.63) is 30.7 Å². The summed E-state index contributed by atoms with van der Waals surface area (Å²) in [5, 5.41) is 12.2.